The number of anilines is 2. The number of nitrogens with two attached hydrogens (primary N) is 1. The van der Waals surface area contributed by atoms with Gasteiger partial charge in [0, 0.05) is 36.9 Å². The van der Waals surface area contributed by atoms with Crippen LogP contribution in [0.1, 0.15) is 24.1 Å². The van der Waals surface area contributed by atoms with Crippen molar-refractivity contribution in [1.29, 1.82) is 0 Å². The summed E-state index contributed by atoms with van der Waals surface area (Å²) in [5, 5.41) is 8.25. The first kappa shape index (κ1) is 21.6. The monoisotopic (exact) mass is 464 g/mol. The molecule has 3 N–H and O–H groups in total. The molecule has 1 saturated heterocycles. The van der Waals surface area contributed by atoms with Gasteiger partial charge in [0.1, 0.15) is 24.2 Å². The number of halogens is 1. The standard InChI is InChI=1S/C23H25ClN8O/c24-20-11-18(1-2-21(20)33-14-19-12-26-6-7-27-19)30-23-22-16(3-10-32(22)29-15-28-23)13-31-8-4-17(25)5-9-31/h1-3,6-7,10-12,15,17H,4-5,8-9,13-14,25H2,(H,28,29,30). The van der Waals surface area contributed by atoms with Crippen LogP contribution in [0.4, 0.5) is 11.5 Å². The van der Waals surface area contributed by atoms with Crippen molar-refractivity contribution >= 4 is 28.6 Å². The van der Waals surface area contributed by atoms with Gasteiger partial charge in [0.15, 0.2) is 5.82 Å². The molecule has 1 aliphatic heterocycles. The van der Waals surface area contributed by atoms with Crippen LogP contribution < -0.4 is 15.8 Å². The summed E-state index contributed by atoms with van der Waals surface area (Å²) in [7, 11) is 0. The lowest BCUT2D eigenvalue weighted by Crippen LogP contribution is -2.39. The fraction of sp³-hybridized carbons (Fsp3) is 0.304. The zero-order valence-electron chi connectivity index (χ0n) is 18.1. The molecule has 1 aromatic carbocycles. The topological polar surface area (TPSA) is 106 Å². The summed E-state index contributed by atoms with van der Waals surface area (Å²) in [6.07, 6.45) is 10.5. The molecule has 0 saturated carbocycles. The largest absolute Gasteiger partial charge is 0.486 e. The molecule has 0 amide bonds. The van der Waals surface area contributed by atoms with Gasteiger partial charge in [-0.3, -0.25) is 14.9 Å². The maximum absolute atomic E-state index is 6.47. The van der Waals surface area contributed by atoms with Gasteiger partial charge in [0.05, 0.1) is 16.9 Å². The molecule has 9 nitrogen and oxygen atoms in total. The molecule has 170 valence electrons. The first-order valence-electron chi connectivity index (χ1n) is 10.9. The van der Waals surface area contributed by atoms with Gasteiger partial charge in [-0.25, -0.2) is 9.50 Å². The van der Waals surface area contributed by atoms with Crippen LogP contribution in [0.5, 0.6) is 5.75 Å². The molecule has 5 rings (SSSR count). The molecule has 0 spiro atoms. The number of aromatic nitrogens is 5. The summed E-state index contributed by atoms with van der Waals surface area (Å²) < 4.78 is 7.64. The zero-order chi connectivity index (χ0) is 22.6. The van der Waals surface area contributed by atoms with Crippen LogP contribution in [0, 0.1) is 0 Å². The number of benzene rings is 1. The minimum Gasteiger partial charge on any atom is -0.486 e. The number of hydrogen-bond acceptors (Lipinski definition) is 8. The average Bonchev–Trinajstić information content (AvgIpc) is 3.24. The Balaban J connectivity index is 1.32. The maximum atomic E-state index is 6.47. The van der Waals surface area contributed by atoms with Crippen molar-refractivity contribution in [3.8, 4) is 5.75 Å². The molecule has 0 unspecified atom stereocenters. The van der Waals surface area contributed by atoms with Crippen LogP contribution in [-0.4, -0.2) is 48.6 Å². The Labute approximate surface area is 196 Å². The Morgan fingerprint density at radius 1 is 1.15 bits per heavy atom. The van der Waals surface area contributed by atoms with E-state index < -0.39 is 0 Å². The van der Waals surface area contributed by atoms with Crippen molar-refractivity contribution in [2.75, 3.05) is 18.4 Å². The Bertz CT molecular complexity index is 1220. The highest BCUT2D eigenvalue weighted by molar-refractivity contribution is 6.32. The highest BCUT2D eigenvalue weighted by Gasteiger charge is 2.19. The highest BCUT2D eigenvalue weighted by atomic mass is 35.5. The molecule has 0 radical (unpaired) electrons. The number of likely N-dealkylation sites (tertiary alicyclic amines) is 1. The molecule has 0 aliphatic carbocycles. The molecule has 4 heterocycles. The number of hydrogen-bond donors (Lipinski definition) is 2. The Hall–Kier alpha value is -3.27. The molecule has 0 bridgehead atoms. The summed E-state index contributed by atoms with van der Waals surface area (Å²) in [4.78, 5) is 15.2. The SMILES string of the molecule is NC1CCN(Cc2ccn3ncnc(Nc4ccc(OCc5cnccn5)c(Cl)c4)c23)CC1. The third kappa shape index (κ3) is 5.05. The predicted molar refractivity (Wildman–Crippen MR) is 127 cm³/mol. The van der Waals surface area contributed by atoms with E-state index in [-0.39, 0.29) is 0 Å². The molecule has 0 atom stereocenters. The minimum atomic E-state index is 0.293. The zero-order valence-corrected chi connectivity index (χ0v) is 18.8. The van der Waals surface area contributed by atoms with Gasteiger partial charge in [0.2, 0.25) is 0 Å². The van der Waals surface area contributed by atoms with Crippen molar-refractivity contribution in [2.45, 2.75) is 32.0 Å². The van der Waals surface area contributed by atoms with Gasteiger partial charge in [-0.05, 0) is 55.8 Å². The van der Waals surface area contributed by atoms with Crippen molar-refractivity contribution in [1.82, 2.24) is 29.5 Å². The van der Waals surface area contributed by atoms with Crippen molar-refractivity contribution in [3.63, 3.8) is 0 Å². The molecule has 4 aromatic rings. The van der Waals surface area contributed by atoms with Crippen molar-refractivity contribution in [2.24, 2.45) is 5.73 Å². The van der Waals surface area contributed by atoms with E-state index in [9.17, 15) is 0 Å². The van der Waals surface area contributed by atoms with Crippen LogP contribution in [0.25, 0.3) is 5.52 Å². The minimum absolute atomic E-state index is 0.293. The number of piperidine rings is 1. The third-order valence-electron chi connectivity index (χ3n) is 5.75. The number of nitrogens with one attached hydrogen (secondary N) is 1. The first-order valence-corrected chi connectivity index (χ1v) is 11.3. The Morgan fingerprint density at radius 3 is 2.82 bits per heavy atom. The van der Waals surface area contributed by atoms with Crippen LogP contribution >= 0.6 is 11.6 Å². The first-order chi connectivity index (χ1) is 16.2. The van der Waals surface area contributed by atoms with Crippen LogP contribution in [-0.2, 0) is 13.2 Å². The second kappa shape index (κ2) is 9.70. The van der Waals surface area contributed by atoms with Crippen molar-refractivity contribution < 1.29 is 4.74 Å². The van der Waals surface area contributed by atoms with Gasteiger partial charge >= 0.3 is 0 Å². The van der Waals surface area contributed by atoms with E-state index in [4.69, 9.17) is 22.1 Å². The normalized spacial score (nSPS) is 15.1. The number of nitrogens with zero attached hydrogens (tertiary/aromatic N) is 6. The maximum Gasteiger partial charge on any atom is 0.158 e. The predicted octanol–water partition coefficient (Wildman–Crippen LogP) is 3.42. The molecular weight excluding hydrogens is 440 g/mol. The van der Waals surface area contributed by atoms with Gasteiger partial charge < -0.3 is 15.8 Å². The quantitative estimate of drug-likeness (QED) is 0.428. The van der Waals surface area contributed by atoms with Gasteiger partial charge in [0.25, 0.3) is 0 Å². The van der Waals surface area contributed by atoms with E-state index in [1.807, 2.05) is 28.9 Å². The second-order valence-corrected chi connectivity index (χ2v) is 8.52. The number of rotatable bonds is 7. The van der Waals surface area contributed by atoms with E-state index in [1.54, 1.807) is 24.9 Å². The smallest absolute Gasteiger partial charge is 0.158 e. The summed E-state index contributed by atoms with van der Waals surface area (Å²) in [5.74, 6) is 1.30. The summed E-state index contributed by atoms with van der Waals surface area (Å²) >= 11 is 6.47. The van der Waals surface area contributed by atoms with Crippen LogP contribution in [0.15, 0.2) is 55.4 Å². The number of fused-ring (bicyclic) bond motifs is 1. The highest BCUT2D eigenvalue weighted by Crippen LogP contribution is 2.31. The fourth-order valence-electron chi connectivity index (χ4n) is 3.98. The van der Waals surface area contributed by atoms with Crippen LogP contribution in [0.3, 0.4) is 0 Å². The van der Waals surface area contributed by atoms with Crippen LogP contribution in [0.2, 0.25) is 5.02 Å². The molecular formula is C23H25ClN8O. The Morgan fingerprint density at radius 2 is 2.03 bits per heavy atom. The summed E-state index contributed by atoms with van der Waals surface area (Å²) in [6, 6.07) is 7.96. The lowest BCUT2D eigenvalue weighted by molar-refractivity contribution is 0.206. The van der Waals surface area contributed by atoms with Gasteiger partial charge in [-0.1, -0.05) is 11.6 Å². The lowest BCUT2D eigenvalue weighted by Gasteiger charge is -2.29. The Kier molecular flexibility index (Phi) is 6.34. The van der Waals surface area contributed by atoms with E-state index in [0.717, 1.165) is 55.2 Å². The van der Waals surface area contributed by atoms with E-state index >= 15 is 0 Å². The summed E-state index contributed by atoms with van der Waals surface area (Å²) in [5.41, 5.74) is 9.72. The summed E-state index contributed by atoms with van der Waals surface area (Å²) in [6.45, 7) is 3.13. The molecule has 3 aromatic heterocycles. The molecule has 33 heavy (non-hydrogen) atoms. The molecule has 10 heteroatoms. The van der Waals surface area contributed by atoms with E-state index in [2.05, 4.69) is 36.3 Å². The molecule has 1 fully saturated rings. The second-order valence-electron chi connectivity index (χ2n) is 8.11. The van der Waals surface area contributed by atoms with E-state index in [0.29, 0.717) is 23.4 Å². The van der Waals surface area contributed by atoms with E-state index in [1.165, 1.54) is 5.56 Å². The number of ether oxygens (including phenoxy) is 1. The lowest BCUT2D eigenvalue weighted by atomic mass is 10.1. The van der Waals surface area contributed by atoms with Gasteiger partial charge in [-0.15, -0.1) is 0 Å². The van der Waals surface area contributed by atoms with Gasteiger partial charge in [-0.2, -0.15) is 5.10 Å². The fourth-order valence-corrected chi connectivity index (χ4v) is 4.21. The average molecular weight is 465 g/mol. The molecule has 1 aliphatic rings. The van der Waals surface area contributed by atoms with Crippen molar-refractivity contribution in [3.05, 3.63) is 71.7 Å². The third-order valence-corrected chi connectivity index (χ3v) is 6.05.